The molecule has 1 heterocycles. The van der Waals surface area contributed by atoms with E-state index in [0.29, 0.717) is 5.92 Å². The number of rotatable bonds is 1. The molecule has 0 saturated carbocycles. The van der Waals surface area contributed by atoms with Crippen molar-refractivity contribution in [1.29, 1.82) is 0 Å². The number of amides is 1. The van der Waals surface area contributed by atoms with E-state index >= 15 is 0 Å². The highest BCUT2D eigenvalue weighted by atomic mass is 79.9. The number of carbonyl (C=O) groups is 1. The van der Waals surface area contributed by atoms with E-state index in [0.717, 1.165) is 23.1 Å². The maximum atomic E-state index is 11.8. The second-order valence-electron chi connectivity index (χ2n) is 3.82. The van der Waals surface area contributed by atoms with Crippen LogP contribution in [0.15, 0.2) is 28.7 Å². The first-order valence-electron chi connectivity index (χ1n) is 4.71. The third-order valence-electron chi connectivity index (χ3n) is 2.44. The number of benzene rings is 1. The molecule has 1 aliphatic heterocycles. The molecule has 0 bridgehead atoms. The molecule has 14 heavy (non-hydrogen) atoms. The molecule has 0 aromatic heterocycles. The van der Waals surface area contributed by atoms with E-state index in [2.05, 4.69) is 22.9 Å². The smallest absolute Gasteiger partial charge is 0.253 e. The number of likely N-dealkylation sites (tertiary alicyclic amines) is 1. The second-order valence-corrected chi connectivity index (χ2v) is 4.74. The zero-order chi connectivity index (χ0) is 10.1. The molecule has 1 aromatic carbocycles. The molecule has 0 unspecified atom stereocenters. The Bertz CT molecular complexity index is 341. The summed E-state index contributed by atoms with van der Waals surface area (Å²) in [5, 5.41) is 0. The maximum absolute atomic E-state index is 11.8. The van der Waals surface area contributed by atoms with Gasteiger partial charge in [-0.3, -0.25) is 4.79 Å². The van der Waals surface area contributed by atoms with Crippen LogP contribution in [-0.4, -0.2) is 23.9 Å². The van der Waals surface area contributed by atoms with Crippen molar-refractivity contribution in [3.05, 3.63) is 34.3 Å². The van der Waals surface area contributed by atoms with Gasteiger partial charge in [-0.25, -0.2) is 0 Å². The van der Waals surface area contributed by atoms with Gasteiger partial charge >= 0.3 is 0 Å². The van der Waals surface area contributed by atoms with Gasteiger partial charge < -0.3 is 4.90 Å². The Morgan fingerprint density at radius 2 is 1.93 bits per heavy atom. The topological polar surface area (TPSA) is 20.3 Å². The van der Waals surface area contributed by atoms with E-state index in [-0.39, 0.29) is 5.91 Å². The van der Waals surface area contributed by atoms with Crippen LogP contribution in [0.1, 0.15) is 17.3 Å². The number of halogens is 1. The molecule has 0 radical (unpaired) electrons. The average Bonchev–Trinajstić information content (AvgIpc) is 2.13. The van der Waals surface area contributed by atoms with Crippen molar-refractivity contribution in [2.75, 3.05) is 13.1 Å². The van der Waals surface area contributed by atoms with Gasteiger partial charge in [0.15, 0.2) is 0 Å². The van der Waals surface area contributed by atoms with Crippen LogP contribution in [0.3, 0.4) is 0 Å². The van der Waals surface area contributed by atoms with Gasteiger partial charge in [-0.1, -0.05) is 22.9 Å². The maximum Gasteiger partial charge on any atom is 0.253 e. The molecular weight excluding hydrogens is 242 g/mol. The minimum atomic E-state index is 0.149. The summed E-state index contributed by atoms with van der Waals surface area (Å²) in [6.45, 7) is 3.95. The summed E-state index contributed by atoms with van der Waals surface area (Å²) in [7, 11) is 0. The molecule has 2 rings (SSSR count). The Balaban J connectivity index is 2.08. The van der Waals surface area contributed by atoms with Crippen LogP contribution in [0.5, 0.6) is 0 Å². The van der Waals surface area contributed by atoms with Gasteiger partial charge in [-0.2, -0.15) is 0 Å². The summed E-state index contributed by atoms with van der Waals surface area (Å²) in [5.74, 6) is 0.810. The van der Waals surface area contributed by atoms with Crippen LogP contribution in [0.25, 0.3) is 0 Å². The second kappa shape index (κ2) is 3.73. The van der Waals surface area contributed by atoms with E-state index in [4.69, 9.17) is 0 Å². The summed E-state index contributed by atoms with van der Waals surface area (Å²) in [6.07, 6.45) is 0. The fourth-order valence-corrected chi connectivity index (χ4v) is 1.90. The molecule has 0 atom stereocenters. The molecule has 1 saturated heterocycles. The SMILES string of the molecule is CC1CN(C(=O)c2ccc(Br)cc2)C1. The first-order valence-corrected chi connectivity index (χ1v) is 5.51. The summed E-state index contributed by atoms with van der Waals surface area (Å²) in [6, 6.07) is 7.51. The largest absolute Gasteiger partial charge is 0.338 e. The molecule has 1 fully saturated rings. The average molecular weight is 254 g/mol. The summed E-state index contributed by atoms with van der Waals surface area (Å²) in [5.41, 5.74) is 0.778. The monoisotopic (exact) mass is 253 g/mol. The van der Waals surface area contributed by atoms with Crippen molar-refractivity contribution >= 4 is 21.8 Å². The first kappa shape index (κ1) is 9.71. The van der Waals surface area contributed by atoms with Crippen molar-refractivity contribution in [2.45, 2.75) is 6.92 Å². The molecule has 74 valence electrons. The summed E-state index contributed by atoms with van der Waals surface area (Å²) in [4.78, 5) is 13.7. The van der Waals surface area contributed by atoms with Crippen molar-refractivity contribution in [2.24, 2.45) is 5.92 Å². The summed E-state index contributed by atoms with van der Waals surface area (Å²) >= 11 is 3.35. The van der Waals surface area contributed by atoms with Crippen LogP contribution >= 0.6 is 15.9 Å². The lowest BCUT2D eigenvalue weighted by Crippen LogP contribution is -2.48. The third-order valence-corrected chi connectivity index (χ3v) is 2.97. The van der Waals surface area contributed by atoms with Crippen molar-refractivity contribution in [1.82, 2.24) is 4.90 Å². The highest BCUT2D eigenvalue weighted by Crippen LogP contribution is 2.18. The molecule has 3 heteroatoms. The lowest BCUT2D eigenvalue weighted by atomic mass is 10.0. The zero-order valence-electron chi connectivity index (χ0n) is 8.03. The van der Waals surface area contributed by atoms with Gasteiger partial charge in [-0.15, -0.1) is 0 Å². The molecule has 1 aliphatic rings. The summed E-state index contributed by atoms with van der Waals surface area (Å²) < 4.78 is 1.01. The van der Waals surface area contributed by atoms with Gasteiger partial charge in [0.1, 0.15) is 0 Å². The van der Waals surface area contributed by atoms with Crippen molar-refractivity contribution in [3.63, 3.8) is 0 Å². The molecule has 0 aliphatic carbocycles. The van der Waals surface area contributed by atoms with Crippen molar-refractivity contribution in [3.8, 4) is 0 Å². The minimum absolute atomic E-state index is 0.149. The lowest BCUT2D eigenvalue weighted by Gasteiger charge is -2.37. The van der Waals surface area contributed by atoms with E-state index in [1.54, 1.807) is 0 Å². The Hall–Kier alpha value is -0.830. The Morgan fingerprint density at radius 1 is 1.36 bits per heavy atom. The minimum Gasteiger partial charge on any atom is -0.338 e. The Labute approximate surface area is 92.0 Å². The van der Waals surface area contributed by atoms with Gasteiger partial charge in [0.25, 0.3) is 5.91 Å². The fraction of sp³-hybridized carbons (Fsp3) is 0.364. The highest BCUT2D eigenvalue weighted by molar-refractivity contribution is 9.10. The van der Waals surface area contributed by atoms with Crippen LogP contribution in [0.4, 0.5) is 0 Å². The van der Waals surface area contributed by atoms with E-state index in [1.165, 1.54) is 0 Å². The zero-order valence-corrected chi connectivity index (χ0v) is 9.62. The Morgan fingerprint density at radius 3 is 2.43 bits per heavy atom. The van der Waals surface area contributed by atoms with Gasteiger partial charge in [0.2, 0.25) is 0 Å². The standard InChI is InChI=1S/C11H12BrNO/c1-8-6-13(7-8)11(14)9-2-4-10(12)5-3-9/h2-5,8H,6-7H2,1H3. The molecule has 0 N–H and O–H groups in total. The number of nitrogens with zero attached hydrogens (tertiary/aromatic N) is 1. The lowest BCUT2D eigenvalue weighted by molar-refractivity contribution is 0.0530. The number of hydrogen-bond acceptors (Lipinski definition) is 1. The van der Waals surface area contributed by atoms with E-state index < -0.39 is 0 Å². The molecular formula is C11H12BrNO. The first-order chi connectivity index (χ1) is 6.66. The quantitative estimate of drug-likeness (QED) is 0.754. The highest BCUT2D eigenvalue weighted by Gasteiger charge is 2.27. The van der Waals surface area contributed by atoms with E-state index in [1.807, 2.05) is 29.2 Å². The van der Waals surface area contributed by atoms with Gasteiger partial charge in [-0.05, 0) is 30.2 Å². The van der Waals surface area contributed by atoms with Crippen molar-refractivity contribution < 1.29 is 4.79 Å². The third kappa shape index (κ3) is 1.82. The van der Waals surface area contributed by atoms with E-state index in [9.17, 15) is 4.79 Å². The van der Waals surface area contributed by atoms with Crippen LogP contribution in [0, 0.1) is 5.92 Å². The predicted molar refractivity (Wildman–Crippen MR) is 59.2 cm³/mol. The van der Waals surface area contributed by atoms with Crippen LogP contribution in [0.2, 0.25) is 0 Å². The fourth-order valence-electron chi connectivity index (χ4n) is 1.64. The number of carbonyl (C=O) groups excluding carboxylic acids is 1. The molecule has 0 spiro atoms. The normalized spacial score (nSPS) is 16.6. The number of hydrogen-bond donors (Lipinski definition) is 0. The van der Waals surface area contributed by atoms with Crippen LogP contribution in [-0.2, 0) is 0 Å². The molecule has 1 amide bonds. The Kier molecular flexibility index (Phi) is 2.59. The van der Waals surface area contributed by atoms with Gasteiger partial charge in [0.05, 0.1) is 0 Å². The predicted octanol–water partition coefficient (Wildman–Crippen LogP) is 2.54. The molecule has 2 nitrogen and oxygen atoms in total. The molecule has 1 aromatic rings. The van der Waals surface area contributed by atoms with Crippen LogP contribution < -0.4 is 0 Å². The van der Waals surface area contributed by atoms with Gasteiger partial charge in [0, 0.05) is 23.1 Å².